The third-order valence-electron chi connectivity index (χ3n) is 2.33. The fourth-order valence-corrected chi connectivity index (χ4v) is 1.46. The van der Waals surface area contributed by atoms with Crippen LogP contribution in [0.3, 0.4) is 0 Å². The van der Waals surface area contributed by atoms with Crippen molar-refractivity contribution in [1.29, 1.82) is 0 Å². The van der Waals surface area contributed by atoms with Crippen LogP contribution in [0.1, 0.15) is 13.3 Å². The fraction of sp³-hybridized carbons (Fsp3) is 0.857. The van der Waals surface area contributed by atoms with Gasteiger partial charge >= 0.3 is 0 Å². The molecule has 1 rings (SSSR count). The van der Waals surface area contributed by atoms with Crippen LogP contribution in [0.25, 0.3) is 0 Å². The average Bonchev–Trinajstić information content (AvgIpc) is 2.17. The summed E-state index contributed by atoms with van der Waals surface area (Å²) in [7, 11) is 0. The molecular formula is C7H13N3O3. The molecule has 0 aliphatic carbocycles. The molecular weight excluding hydrogens is 174 g/mol. The predicted molar refractivity (Wildman–Crippen MR) is 43.7 cm³/mol. The molecule has 1 unspecified atom stereocenters. The molecule has 0 aromatic carbocycles. The maximum atomic E-state index is 11.3. The van der Waals surface area contributed by atoms with Gasteiger partial charge in [0.15, 0.2) is 0 Å². The lowest BCUT2D eigenvalue weighted by Gasteiger charge is -2.33. The van der Waals surface area contributed by atoms with Gasteiger partial charge in [-0.3, -0.25) is 4.79 Å². The fourth-order valence-electron chi connectivity index (χ4n) is 1.46. The van der Waals surface area contributed by atoms with Gasteiger partial charge < -0.3 is 10.2 Å². The highest BCUT2D eigenvalue weighted by Crippen LogP contribution is 2.27. The highest BCUT2D eigenvalue weighted by Gasteiger charge is 2.44. The number of hydrogen-bond donors (Lipinski definition) is 3. The van der Waals surface area contributed by atoms with Crippen molar-refractivity contribution in [3.63, 3.8) is 0 Å². The molecule has 13 heavy (non-hydrogen) atoms. The van der Waals surface area contributed by atoms with Crippen LogP contribution < -0.4 is 5.43 Å². The van der Waals surface area contributed by atoms with E-state index in [1.54, 1.807) is 6.92 Å². The molecule has 0 radical (unpaired) electrons. The van der Waals surface area contributed by atoms with Gasteiger partial charge in [-0.25, -0.2) is 5.43 Å². The van der Waals surface area contributed by atoms with E-state index in [2.05, 4.69) is 15.8 Å². The lowest BCUT2D eigenvalue weighted by molar-refractivity contribution is -0.131. The number of rotatable bonds is 3. The topological polar surface area (TPSA) is 94.3 Å². The Morgan fingerprint density at radius 1 is 1.54 bits per heavy atom. The van der Waals surface area contributed by atoms with Gasteiger partial charge in [0.25, 0.3) is 0 Å². The lowest BCUT2D eigenvalue weighted by atomic mass is 9.83. The number of nitrogens with one attached hydrogen (secondary N) is 1. The van der Waals surface area contributed by atoms with Gasteiger partial charge in [-0.2, -0.15) is 5.11 Å². The second-order valence-electron chi connectivity index (χ2n) is 3.06. The van der Waals surface area contributed by atoms with Crippen LogP contribution in [0.5, 0.6) is 0 Å². The number of aliphatic hydroxyl groups is 2. The van der Waals surface area contributed by atoms with Crippen LogP contribution in [-0.2, 0) is 4.79 Å². The molecule has 0 fully saturated rings. The summed E-state index contributed by atoms with van der Waals surface area (Å²) in [6.07, 6.45) is 0.506. The van der Waals surface area contributed by atoms with E-state index in [-0.39, 0.29) is 19.1 Å². The molecule has 0 aromatic heterocycles. The Kier molecular flexibility index (Phi) is 2.94. The average molecular weight is 187 g/mol. The molecule has 0 saturated heterocycles. The van der Waals surface area contributed by atoms with Gasteiger partial charge in [-0.15, -0.1) is 0 Å². The Bertz CT molecular complexity index is 225. The van der Waals surface area contributed by atoms with Gasteiger partial charge in [0, 0.05) is 0 Å². The molecule has 6 nitrogen and oxygen atoms in total. The number of amides is 1. The molecule has 0 spiro atoms. The molecule has 1 aliphatic rings. The number of aliphatic hydroxyl groups excluding tert-OH is 2. The summed E-state index contributed by atoms with van der Waals surface area (Å²) in [4.78, 5) is 11.3. The van der Waals surface area contributed by atoms with Crippen molar-refractivity contribution in [2.45, 2.75) is 18.9 Å². The van der Waals surface area contributed by atoms with Gasteiger partial charge in [0.05, 0.1) is 19.1 Å². The highest BCUT2D eigenvalue weighted by atomic mass is 16.3. The van der Waals surface area contributed by atoms with Gasteiger partial charge in [0.1, 0.15) is 5.54 Å². The normalized spacial score (nSPS) is 25.8. The van der Waals surface area contributed by atoms with Crippen molar-refractivity contribution < 1.29 is 15.0 Å². The van der Waals surface area contributed by atoms with E-state index >= 15 is 0 Å². The Hall–Kier alpha value is -1.01. The van der Waals surface area contributed by atoms with Crippen molar-refractivity contribution in [2.75, 3.05) is 13.2 Å². The molecule has 0 bridgehead atoms. The first-order valence-electron chi connectivity index (χ1n) is 4.13. The summed E-state index contributed by atoms with van der Waals surface area (Å²) < 4.78 is 0. The van der Waals surface area contributed by atoms with E-state index in [1.165, 1.54) is 0 Å². The monoisotopic (exact) mass is 187 g/mol. The molecule has 6 heteroatoms. The van der Waals surface area contributed by atoms with Crippen molar-refractivity contribution in [3.05, 3.63) is 0 Å². The zero-order valence-corrected chi connectivity index (χ0v) is 7.40. The molecule has 0 aromatic rings. The number of carbonyl (C=O) groups is 1. The van der Waals surface area contributed by atoms with E-state index in [0.717, 1.165) is 0 Å². The summed E-state index contributed by atoms with van der Waals surface area (Å²) in [5.41, 5.74) is 1.06. The Labute approximate surface area is 75.6 Å². The maximum Gasteiger partial charge on any atom is 0.247 e. The van der Waals surface area contributed by atoms with Crippen molar-refractivity contribution >= 4 is 5.91 Å². The van der Waals surface area contributed by atoms with Crippen LogP contribution in [0, 0.1) is 5.92 Å². The molecule has 0 saturated carbocycles. The largest absolute Gasteiger partial charge is 0.394 e. The lowest BCUT2D eigenvalue weighted by Crippen LogP contribution is -2.52. The van der Waals surface area contributed by atoms with Crippen molar-refractivity contribution in [3.8, 4) is 0 Å². The number of carbonyl (C=O) groups excluding carboxylic acids is 1. The SMILES string of the molecule is CCC1C(=O)NN=NC1(CO)CO. The van der Waals surface area contributed by atoms with Crippen molar-refractivity contribution in [2.24, 2.45) is 16.3 Å². The number of hydrogen-bond acceptors (Lipinski definition) is 5. The van der Waals surface area contributed by atoms with Crippen LogP contribution >= 0.6 is 0 Å². The summed E-state index contributed by atoms with van der Waals surface area (Å²) in [5.74, 6) is -0.819. The second kappa shape index (κ2) is 3.80. The zero-order chi connectivity index (χ0) is 9.90. The summed E-state index contributed by atoms with van der Waals surface area (Å²) in [6, 6.07) is 0. The smallest absolute Gasteiger partial charge is 0.247 e. The summed E-state index contributed by atoms with van der Waals surface area (Å²) >= 11 is 0. The molecule has 1 aliphatic heterocycles. The minimum absolute atomic E-state index is 0.305. The van der Waals surface area contributed by atoms with Crippen molar-refractivity contribution in [1.82, 2.24) is 5.43 Å². The van der Waals surface area contributed by atoms with Gasteiger partial charge in [-0.1, -0.05) is 12.1 Å². The molecule has 1 atom stereocenters. The highest BCUT2D eigenvalue weighted by molar-refractivity contribution is 5.80. The standard InChI is InChI=1S/C7H13N3O3/c1-2-5-6(13)8-10-9-7(5,3-11)4-12/h5,11-12H,2-4H2,1H3,(H,8,9,13). The number of nitrogens with zero attached hydrogens (tertiary/aromatic N) is 2. The van der Waals surface area contributed by atoms with Gasteiger partial charge in [0.2, 0.25) is 5.91 Å². The quantitative estimate of drug-likeness (QED) is 0.541. The van der Waals surface area contributed by atoms with E-state index in [9.17, 15) is 4.79 Å². The minimum atomic E-state index is -1.14. The van der Waals surface area contributed by atoms with Crippen LogP contribution in [0.2, 0.25) is 0 Å². The van der Waals surface area contributed by atoms with E-state index in [0.29, 0.717) is 6.42 Å². The molecule has 1 amide bonds. The van der Waals surface area contributed by atoms with E-state index < -0.39 is 11.5 Å². The third kappa shape index (κ3) is 1.54. The van der Waals surface area contributed by atoms with E-state index in [1.807, 2.05) is 0 Å². The first-order valence-corrected chi connectivity index (χ1v) is 4.13. The minimum Gasteiger partial charge on any atom is -0.394 e. The van der Waals surface area contributed by atoms with Crippen LogP contribution in [0.4, 0.5) is 0 Å². The third-order valence-corrected chi connectivity index (χ3v) is 2.33. The Balaban J connectivity index is 2.97. The molecule has 74 valence electrons. The Morgan fingerprint density at radius 2 is 2.15 bits per heavy atom. The van der Waals surface area contributed by atoms with Crippen LogP contribution in [0.15, 0.2) is 10.3 Å². The summed E-state index contributed by atoms with van der Waals surface area (Å²) in [5, 5.41) is 25.2. The van der Waals surface area contributed by atoms with Crippen LogP contribution in [-0.4, -0.2) is 34.9 Å². The maximum absolute atomic E-state index is 11.3. The second-order valence-corrected chi connectivity index (χ2v) is 3.06. The molecule has 3 N–H and O–H groups in total. The predicted octanol–water partition coefficient (Wildman–Crippen LogP) is -0.767. The first-order chi connectivity index (χ1) is 6.20. The molecule has 1 heterocycles. The first kappa shape index (κ1) is 10.1. The Morgan fingerprint density at radius 3 is 2.54 bits per heavy atom. The zero-order valence-electron chi connectivity index (χ0n) is 7.40. The summed E-state index contributed by atoms with van der Waals surface area (Å²) in [6.45, 7) is 1.04. The van der Waals surface area contributed by atoms with E-state index in [4.69, 9.17) is 10.2 Å². The van der Waals surface area contributed by atoms with Gasteiger partial charge in [-0.05, 0) is 6.42 Å².